The number of carbonyl (C=O) groups excluding carboxylic acids is 1. The Morgan fingerprint density at radius 1 is 1.04 bits per heavy atom. The summed E-state index contributed by atoms with van der Waals surface area (Å²) in [6.45, 7) is 3.02. The standard InChI is InChI=1S/C21H36N4OS/c1-2-25-19(15-14-17-10-6-5-7-11-17)23-24-21(25)27-16-20(26)22-18-12-8-3-4-9-13-18/h17-18H,2-16H2,1H3,(H,22,26). The van der Waals surface area contributed by atoms with E-state index in [0.29, 0.717) is 11.8 Å². The van der Waals surface area contributed by atoms with Gasteiger partial charge >= 0.3 is 0 Å². The van der Waals surface area contributed by atoms with E-state index in [-0.39, 0.29) is 5.91 Å². The molecule has 0 atom stereocenters. The highest BCUT2D eigenvalue weighted by Crippen LogP contribution is 2.28. The second-order valence-electron chi connectivity index (χ2n) is 8.23. The predicted octanol–water partition coefficient (Wildman–Crippen LogP) is 4.74. The van der Waals surface area contributed by atoms with Crippen LogP contribution in [0.2, 0.25) is 0 Å². The third kappa shape index (κ3) is 6.51. The van der Waals surface area contributed by atoms with Gasteiger partial charge in [-0.3, -0.25) is 4.79 Å². The first kappa shape index (κ1) is 20.7. The van der Waals surface area contributed by atoms with Crippen LogP contribution in [0.25, 0.3) is 0 Å². The van der Waals surface area contributed by atoms with Crippen molar-refractivity contribution in [1.29, 1.82) is 0 Å². The minimum atomic E-state index is 0.140. The number of aryl methyl sites for hydroxylation is 1. The largest absolute Gasteiger partial charge is 0.353 e. The zero-order valence-electron chi connectivity index (χ0n) is 16.9. The number of hydrogen-bond donors (Lipinski definition) is 1. The molecule has 1 aromatic heterocycles. The lowest BCUT2D eigenvalue weighted by Crippen LogP contribution is -2.35. The Bertz CT molecular complexity index is 575. The highest BCUT2D eigenvalue weighted by molar-refractivity contribution is 7.99. The van der Waals surface area contributed by atoms with Gasteiger partial charge in [0, 0.05) is 19.0 Å². The Morgan fingerprint density at radius 2 is 1.70 bits per heavy atom. The maximum absolute atomic E-state index is 12.3. The van der Waals surface area contributed by atoms with E-state index in [1.54, 1.807) is 0 Å². The molecule has 0 unspecified atom stereocenters. The fourth-order valence-corrected chi connectivity index (χ4v) is 5.39. The zero-order valence-corrected chi connectivity index (χ0v) is 17.7. The lowest BCUT2D eigenvalue weighted by atomic mass is 9.86. The first-order valence-electron chi connectivity index (χ1n) is 11.1. The van der Waals surface area contributed by atoms with Crippen LogP contribution in [0.4, 0.5) is 0 Å². The minimum Gasteiger partial charge on any atom is -0.353 e. The van der Waals surface area contributed by atoms with Crippen molar-refractivity contribution in [2.75, 3.05) is 5.75 Å². The summed E-state index contributed by atoms with van der Waals surface area (Å²) >= 11 is 1.53. The maximum Gasteiger partial charge on any atom is 0.230 e. The Balaban J connectivity index is 1.46. The molecule has 27 heavy (non-hydrogen) atoms. The van der Waals surface area contributed by atoms with Gasteiger partial charge in [0.2, 0.25) is 5.91 Å². The molecule has 0 spiro atoms. The highest BCUT2D eigenvalue weighted by Gasteiger charge is 2.18. The number of thioether (sulfide) groups is 1. The van der Waals surface area contributed by atoms with Crippen LogP contribution in [0.1, 0.15) is 89.8 Å². The van der Waals surface area contributed by atoms with Crippen LogP contribution >= 0.6 is 11.8 Å². The third-order valence-corrected chi connectivity index (χ3v) is 7.13. The molecule has 0 saturated heterocycles. The predicted molar refractivity (Wildman–Crippen MR) is 111 cm³/mol. The van der Waals surface area contributed by atoms with Crippen molar-refractivity contribution in [3.8, 4) is 0 Å². The summed E-state index contributed by atoms with van der Waals surface area (Å²) in [6.07, 6.45) is 16.6. The summed E-state index contributed by atoms with van der Waals surface area (Å²) < 4.78 is 2.20. The van der Waals surface area contributed by atoms with Gasteiger partial charge in [-0.15, -0.1) is 10.2 Å². The summed E-state index contributed by atoms with van der Waals surface area (Å²) in [7, 11) is 0. The summed E-state index contributed by atoms with van der Waals surface area (Å²) in [5, 5.41) is 12.9. The SMILES string of the molecule is CCn1c(CCC2CCCCC2)nnc1SCC(=O)NC1CCCCCC1. The maximum atomic E-state index is 12.3. The van der Waals surface area contributed by atoms with Gasteiger partial charge in [-0.25, -0.2) is 0 Å². The fourth-order valence-electron chi connectivity index (χ4n) is 4.56. The van der Waals surface area contributed by atoms with Crippen LogP contribution in [0, 0.1) is 5.92 Å². The summed E-state index contributed by atoms with van der Waals surface area (Å²) in [5.41, 5.74) is 0. The molecule has 5 nitrogen and oxygen atoms in total. The summed E-state index contributed by atoms with van der Waals surface area (Å²) in [5.74, 6) is 2.54. The quantitative estimate of drug-likeness (QED) is 0.513. The third-order valence-electron chi connectivity index (χ3n) is 6.16. The van der Waals surface area contributed by atoms with Gasteiger partial charge in [0.1, 0.15) is 5.82 Å². The van der Waals surface area contributed by atoms with Crippen LogP contribution in [0.3, 0.4) is 0 Å². The van der Waals surface area contributed by atoms with Gasteiger partial charge in [0.15, 0.2) is 5.16 Å². The smallest absolute Gasteiger partial charge is 0.230 e. The second kappa shape index (κ2) is 11.1. The molecule has 6 heteroatoms. The van der Waals surface area contributed by atoms with Crippen molar-refractivity contribution in [1.82, 2.24) is 20.1 Å². The first-order valence-corrected chi connectivity index (χ1v) is 12.1. The number of nitrogens with one attached hydrogen (secondary N) is 1. The van der Waals surface area contributed by atoms with E-state index in [0.717, 1.165) is 42.7 Å². The van der Waals surface area contributed by atoms with Crippen LogP contribution in [-0.4, -0.2) is 32.5 Å². The van der Waals surface area contributed by atoms with Gasteiger partial charge in [-0.1, -0.05) is 69.5 Å². The molecule has 0 aromatic carbocycles. The zero-order chi connectivity index (χ0) is 18.9. The molecule has 2 aliphatic carbocycles. The molecule has 2 aliphatic rings. The van der Waals surface area contributed by atoms with E-state index in [2.05, 4.69) is 27.0 Å². The van der Waals surface area contributed by atoms with E-state index in [4.69, 9.17) is 0 Å². The Kier molecular flexibility index (Phi) is 8.49. The fraction of sp³-hybridized carbons (Fsp3) is 0.857. The molecule has 0 aliphatic heterocycles. The average Bonchev–Trinajstić information content (AvgIpc) is 2.91. The number of hydrogen-bond acceptors (Lipinski definition) is 4. The molecule has 2 fully saturated rings. The average molecular weight is 393 g/mol. The van der Waals surface area contributed by atoms with Crippen molar-refractivity contribution < 1.29 is 4.79 Å². The van der Waals surface area contributed by atoms with Crippen LogP contribution in [-0.2, 0) is 17.8 Å². The second-order valence-corrected chi connectivity index (χ2v) is 9.17. The van der Waals surface area contributed by atoms with Crippen LogP contribution in [0.5, 0.6) is 0 Å². The van der Waals surface area contributed by atoms with Crippen molar-refractivity contribution >= 4 is 17.7 Å². The minimum absolute atomic E-state index is 0.140. The molecule has 1 amide bonds. The summed E-state index contributed by atoms with van der Waals surface area (Å²) in [4.78, 5) is 12.3. The van der Waals surface area contributed by atoms with Gasteiger partial charge in [-0.05, 0) is 32.1 Å². The van der Waals surface area contributed by atoms with E-state index in [1.165, 1.54) is 76.0 Å². The van der Waals surface area contributed by atoms with E-state index in [1.807, 2.05) is 0 Å². The van der Waals surface area contributed by atoms with Crippen molar-refractivity contribution in [2.45, 2.75) is 108 Å². The lowest BCUT2D eigenvalue weighted by Gasteiger charge is -2.21. The van der Waals surface area contributed by atoms with E-state index >= 15 is 0 Å². The number of aromatic nitrogens is 3. The highest BCUT2D eigenvalue weighted by atomic mass is 32.2. The van der Waals surface area contributed by atoms with Gasteiger partial charge < -0.3 is 9.88 Å². The van der Waals surface area contributed by atoms with E-state index < -0.39 is 0 Å². The molecular weight excluding hydrogens is 356 g/mol. The number of rotatable bonds is 8. The monoisotopic (exact) mass is 392 g/mol. The Hall–Kier alpha value is -1.04. The molecule has 152 valence electrons. The Labute approximate surface area is 168 Å². The van der Waals surface area contributed by atoms with Crippen molar-refractivity contribution in [2.24, 2.45) is 5.92 Å². The molecule has 2 saturated carbocycles. The molecule has 3 rings (SSSR count). The molecule has 1 heterocycles. The molecule has 0 bridgehead atoms. The molecule has 1 N–H and O–H groups in total. The Morgan fingerprint density at radius 3 is 2.41 bits per heavy atom. The van der Waals surface area contributed by atoms with Gasteiger partial charge in [0.05, 0.1) is 5.75 Å². The van der Waals surface area contributed by atoms with E-state index in [9.17, 15) is 4.79 Å². The normalized spacial score (nSPS) is 19.7. The molecular formula is C21H36N4OS. The number of nitrogens with zero attached hydrogens (tertiary/aromatic N) is 3. The topological polar surface area (TPSA) is 59.8 Å². The van der Waals surface area contributed by atoms with Crippen LogP contribution in [0.15, 0.2) is 5.16 Å². The van der Waals surface area contributed by atoms with Crippen LogP contribution < -0.4 is 5.32 Å². The number of carbonyl (C=O) groups is 1. The van der Waals surface area contributed by atoms with Crippen molar-refractivity contribution in [3.05, 3.63) is 5.82 Å². The van der Waals surface area contributed by atoms with Crippen molar-refractivity contribution in [3.63, 3.8) is 0 Å². The lowest BCUT2D eigenvalue weighted by molar-refractivity contribution is -0.119. The summed E-state index contributed by atoms with van der Waals surface area (Å²) in [6, 6.07) is 0.371. The van der Waals surface area contributed by atoms with Gasteiger partial charge in [-0.2, -0.15) is 0 Å². The molecule has 0 radical (unpaired) electrons. The first-order chi connectivity index (χ1) is 13.3. The number of amides is 1. The molecule has 1 aromatic rings. The van der Waals surface area contributed by atoms with Gasteiger partial charge in [0.25, 0.3) is 0 Å².